The SMILES string of the molecule is COc1ccc(S(=O)(=O)N(CC(=O)N[C@H](C)c2cc(OC)ccc2OC)c2ccc(C)cc2)cc1. The fourth-order valence-corrected chi connectivity index (χ4v) is 5.00. The highest BCUT2D eigenvalue weighted by Crippen LogP contribution is 2.30. The summed E-state index contributed by atoms with van der Waals surface area (Å²) in [5.74, 6) is 1.26. The van der Waals surface area contributed by atoms with E-state index in [-0.39, 0.29) is 4.90 Å². The van der Waals surface area contributed by atoms with Gasteiger partial charge in [-0.2, -0.15) is 0 Å². The topological polar surface area (TPSA) is 94.2 Å². The highest BCUT2D eigenvalue weighted by atomic mass is 32.2. The number of rotatable bonds is 10. The average molecular weight is 499 g/mol. The van der Waals surface area contributed by atoms with Crippen molar-refractivity contribution in [3.63, 3.8) is 0 Å². The van der Waals surface area contributed by atoms with Gasteiger partial charge in [0.05, 0.1) is 38.0 Å². The summed E-state index contributed by atoms with van der Waals surface area (Å²) < 4.78 is 44.1. The van der Waals surface area contributed by atoms with Crippen LogP contribution in [0.4, 0.5) is 5.69 Å². The van der Waals surface area contributed by atoms with E-state index in [1.165, 1.54) is 19.2 Å². The van der Waals surface area contributed by atoms with E-state index in [0.717, 1.165) is 9.87 Å². The molecule has 0 spiro atoms. The number of nitrogens with zero attached hydrogens (tertiary/aromatic N) is 1. The van der Waals surface area contributed by atoms with E-state index in [0.29, 0.717) is 28.5 Å². The van der Waals surface area contributed by atoms with E-state index in [1.807, 2.05) is 6.92 Å². The number of nitrogens with one attached hydrogen (secondary N) is 1. The first-order valence-corrected chi connectivity index (χ1v) is 12.4. The van der Waals surface area contributed by atoms with E-state index in [9.17, 15) is 13.2 Å². The molecule has 3 aromatic rings. The Morgan fingerprint density at radius 2 is 1.49 bits per heavy atom. The molecular weight excluding hydrogens is 468 g/mol. The first-order chi connectivity index (χ1) is 16.7. The molecule has 0 saturated carbocycles. The molecule has 0 aliphatic carbocycles. The molecule has 0 aliphatic rings. The second kappa shape index (κ2) is 11.1. The van der Waals surface area contributed by atoms with Crippen molar-refractivity contribution in [2.75, 3.05) is 32.2 Å². The predicted octanol–water partition coefficient (Wildman–Crippen LogP) is 4.09. The Morgan fingerprint density at radius 3 is 2.06 bits per heavy atom. The Morgan fingerprint density at radius 1 is 0.886 bits per heavy atom. The van der Waals surface area contributed by atoms with Crippen LogP contribution in [0.25, 0.3) is 0 Å². The fourth-order valence-electron chi connectivity index (χ4n) is 3.57. The normalized spacial score (nSPS) is 11.9. The Hall–Kier alpha value is -3.72. The third-order valence-corrected chi connectivity index (χ3v) is 7.33. The van der Waals surface area contributed by atoms with Crippen LogP contribution in [0, 0.1) is 6.92 Å². The van der Waals surface area contributed by atoms with Crippen LogP contribution in [0.5, 0.6) is 17.2 Å². The molecule has 0 unspecified atom stereocenters. The molecule has 35 heavy (non-hydrogen) atoms. The van der Waals surface area contributed by atoms with Gasteiger partial charge in [-0.1, -0.05) is 17.7 Å². The zero-order chi connectivity index (χ0) is 25.6. The third-order valence-electron chi connectivity index (χ3n) is 5.54. The van der Waals surface area contributed by atoms with E-state index in [2.05, 4.69) is 5.32 Å². The van der Waals surface area contributed by atoms with Gasteiger partial charge in [-0.3, -0.25) is 9.10 Å². The van der Waals surface area contributed by atoms with E-state index >= 15 is 0 Å². The van der Waals surface area contributed by atoms with Crippen LogP contribution in [-0.4, -0.2) is 42.2 Å². The summed E-state index contributed by atoms with van der Waals surface area (Å²) >= 11 is 0. The number of benzene rings is 3. The zero-order valence-corrected chi connectivity index (χ0v) is 21.3. The highest BCUT2D eigenvalue weighted by Gasteiger charge is 2.28. The monoisotopic (exact) mass is 498 g/mol. The molecule has 3 rings (SSSR count). The minimum atomic E-state index is -4.04. The molecule has 3 aromatic carbocycles. The van der Waals surface area contributed by atoms with E-state index in [4.69, 9.17) is 14.2 Å². The number of anilines is 1. The second-order valence-corrected chi connectivity index (χ2v) is 9.78. The highest BCUT2D eigenvalue weighted by molar-refractivity contribution is 7.92. The molecule has 1 amide bonds. The van der Waals surface area contributed by atoms with E-state index in [1.54, 1.807) is 75.7 Å². The van der Waals surface area contributed by atoms with Crippen molar-refractivity contribution in [1.29, 1.82) is 0 Å². The van der Waals surface area contributed by atoms with Crippen molar-refractivity contribution in [3.05, 3.63) is 77.9 Å². The standard InChI is InChI=1S/C26H30N2O6S/c1-18-6-8-20(9-7-18)28(35(30,31)23-13-10-21(32-3)11-14-23)17-26(29)27-19(2)24-16-22(33-4)12-15-25(24)34-5/h6-16,19H,17H2,1-5H3,(H,27,29)/t19-/m1/s1. The van der Waals surface area contributed by atoms with Gasteiger partial charge in [0.25, 0.3) is 10.0 Å². The summed E-state index contributed by atoms with van der Waals surface area (Å²) in [7, 11) is 0.562. The van der Waals surface area contributed by atoms with Gasteiger partial charge < -0.3 is 19.5 Å². The maximum absolute atomic E-state index is 13.6. The van der Waals surface area contributed by atoms with Gasteiger partial charge in [-0.05, 0) is 68.4 Å². The molecule has 1 N–H and O–H groups in total. The molecule has 0 fully saturated rings. The molecule has 0 heterocycles. The number of aryl methyl sites for hydroxylation is 1. The Kier molecular flexibility index (Phi) is 8.24. The summed E-state index contributed by atoms with van der Waals surface area (Å²) in [6.45, 7) is 3.29. The maximum atomic E-state index is 13.6. The van der Waals surface area contributed by atoms with Gasteiger partial charge in [0.15, 0.2) is 0 Å². The third kappa shape index (κ3) is 6.05. The largest absolute Gasteiger partial charge is 0.497 e. The zero-order valence-electron chi connectivity index (χ0n) is 20.4. The fraction of sp³-hybridized carbons (Fsp3) is 0.269. The van der Waals surface area contributed by atoms with Crippen molar-refractivity contribution >= 4 is 21.6 Å². The summed E-state index contributed by atoms with van der Waals surface area (Å²) in [5, 5.41) is 2.88. The van der Waals surface area contributed by atoms with Crippen molar-refractivity contribution in [3.8, 4) is 17.2 Å². The summed E-state index contributed by atoms with van der Waals surface area (Å²) in [5.41, 5.74) is 2.06. The second-order valence-electron chi connectivity index (χ2n) is 7.92. The minimum Gasteiger partial charge on any atom is -0.497 e. The first kappa shape index (κ1) is 25.9. The quantitative estimate of drug-likeness (QED) is 0.452. The van der Waals surface area contributed by atoms with Gasteiger partial charge in [-0.25, -0.2) is 8.42 Å². The van der Waals surface area contributed by atoms with Crippen LogP contribution < -0.4 is 23.8 Å². The Balaban J connectivity index is 1.90. The number of methoxy groups -OCH3 is 3. The summed E-state index contributed by atoms with van der Waals surface area (Å²) in [6.07, 6.45) is 0. The van der Waals surface area contributed by atoms with Crippen LogP contribution in [0.3, 0.4) is 0 Å². The lowest BCUT2D eigenvalue weighted by atomic mass is 10.1. The summed E-state index contributed by atoms with van der Waals surface area (Å²) in [4.78, 5) is 13.2. The van der Waals surface area contributed by atoms with Gasteiger partial charge in [0.2, 0.25) is 5.91 Å². The molecular formula is C26H30N2O6S. The number of hydrogen-bond acceptors (Lipinski definition) is 6. The molecule has 9 heteroatoms. The Bertz CT molecular complexity index is 1260. The van der Waals surface area contributed by atoms with Gasteiger partial charge >= 0.3 is 0 Å². The molecule has 0 aliphatic heterocycles. The Labute approximate surface area is 206 Å². The molecule has 186 valence electrons. The molecule has 0 radical (unpaired) electrons. The van der Waals surface area contributed by atoms with Crippen molar-refractivity contribution in [1.82, 2.24) is 5.32 Å². The smallest absolute Gasteiger partial charge is 0.264 e. The molecule has 0 bridgehead atoms. The van der Waals surface area contributed by atoms with Crippen molar-refractivity contribution < 1.29 is 27.4 Å². The maximum Gasteiger partial charge on any atom is 0.264 e. The van der Waals surface area contributed by atoms with Crippen LogP contribution in [0.2, 0.25) is 0 Å². The van der Waals surface area contributed by atoms with Crippen molar-refractivity contribution in [2.24, 2.45) is 0 Å². The van der Waals surface area contributed by atoms with Crippen molar-refractivity contribution in [2.45, 2.75) is 24.8 Å². The number of amides is 1. The van der Waals surface area contributed by atoms with Gasteiger partial charge in [0, 0.05) is 5.56 Å². The lowest BCUT2D eigenvalue weighted by Gasteiger charge is -2.25. The summed E-state index contributed by atoms with van der Waals surface area (Å²) in [6, 6.07) is 17.8. The molecule has 0 saturated heterocycles. The minimum absolute atomic E-state index is 0.0502. The van der Waals surface area contributed by atoms with Crippen LogP contribution in [0.15, 0.2) is 71.6 Å². The average Bonchev–Trinajstić information content (AvgIpc) is 2.87. The number of carbonyl (C=O) groups is 1. The van der Waals surface area contributed by atoms with Gasteiger partial charge in [0.1, 0.15) is 23.8 Å². The van der Waals surface area contributed by atoms with E-state index < -0.39 is 28.5 Å². The number of hydrogen-bond donors (Lipinski definition) is 1. The van der Waals surface area contributed by atoms with Crippen LogP contribution in [0.1, 0.15) is 24.1 Å². The lowest BCUT2D eigenvalue weighted by molar-refractivity contribution is -0.120. The van der Waals surface area contributed by atoms with Gasteiger partial charge in [-0.15, -0.1) is 0 Å². The number of carbonyl (C=O) groups excluding carboxylic acids is 1. The molecule has 8 nitrogen and oxygen atoms in total. The van der Waals surface area contributed by atoms with Crippen LogP contribution >= 0.6 is 0 Å². The first-order valence-electron chi connectivity index (χ1n) is 10.9. The molecule has 1 atom stereocenters. The van der Waals surface area contributed by atoms with Crippen LogP contribution in [-0.2, 0) is 14.8 Å². The lowest BCUT2D eigenvalue weighted by Crippen LogP contribution is -2.41. The number of ether oxygens (including phenoxy) is 3. The predicted molar refractivity (Wildman–Crippen MR) is 135 cm³/mol. The molecule has 0 aromatic heterocycles. The number of sulfonamides is 1.